The fraction of sp³-hybridized carbons (Fsp3) is 0.429. The molecule has 0 aromatic carbocycles. The second-order valence-corrected chi connectivity index (χ2v) is 8.52. The quantitative estimate of drug-likeness (QED) is 0.319. The first-order chi connectivity index (χ1) is 5.80. The van der Waals surface area contributed by atoms with Crippen LogP contribution in [0.3, 0.4) is 0 Å². The molecule has 0 radical (unpaired) electrons. The van der Waals surface area contributed by atoms with Crippen LogP contribution in [0.5, 0.6) is 0 Å². The van der Waals surface area contributed by atoms with E-state index >= 15 is 0 Å². The minimum Gasteiger partial charge on any atom is -0.0813 e. The average molecular weight is 568 g/mol. The Hall–Kier alpha value is 2.36. The lowest BCUT2D eigenvalue weighted by Crippen LogP contribution is -2.32. The summed E-state index contributed by atoms with van der Waals surface area (Å²) in [6, 6.07) is 0. The van der Waals surface area contributed by atoms with Crippen LogP contribution in [0.2, 0.25) is 0 Å². The summed E-state index contributed by atoms with van der Waals surface area (Å²) in [4.78, 5) is 0.199. The molecule has 1 rings (SSSR count). The Morgan fingerprint density at radius 2 is 1.54 bits per heavy atom. The molecule has 0 amide bonds. The van der Waals surface area contributed by atoms with E-state index in [1.54, 1.807) is 0 Å². The van der Waals surface area contributed by atoms with Crippen LogP contribution in [0.4, 0.5) is 0 Å². The summed E-state index contributed by atoms with van der Waals surface area (Å²) in [6.07, 6.45) is 0. The van der Waals surface area contributed by atoms with Crippen LogP contribution in [0.15, 0.2) is 17.9 Å². The Morgan fingerprint density at radius 1 is 1.08 bits per heavy atom. The van der Waals surface area contributed by atoms with Gasteiger partial charge in [-0.25, -0.2) is 0 Å². The molecule has 0 aliphatic heterocycles. The zero-order chi connectivity index (χ0) is 10.4. The lowest BCUT2D eigenvalue weighted by atomic mass is 10.0. The Labute approximate surface area is 128 Å². The van der Waals surface area contributed by atoms with Crippen molar-refractivity contribution < 1.29 is 0 Å². The maximum absolute atomic E-state index is 3.66. The molecule has 0 heterocycles. The Kier molecular flexibility index (Phi) is 4.85. The molecule has 0 spiro atoms. The summed E-state index contributed by atoms with van der Waals surface area (Å²) in [7, 11) is 0. The molecule has 0 bridgehead atoms. The molecule has 1 aliphatic carbocycles. The Balaban J connectivity index is 3.32. The van der Waals surface area contributed by atoms with E-state index in [9.17, 15) is 0 Å². The zero-order valence-corrected chi connectivity index (χ0v) is 15.9. The first-order valence-electron chi connectivity index (χ1n) is 3.24. The van der Waals surface area contributed by atoms with Crippen molar-refractivity contribution in [1.29, 1.82) is 0 Å². The fourth-order valence-electron chi connectivity index (χ4n) is 0.876. The number of hydrogen-bond donors (Lipinski definition) is 0. The van der Waals surface area contributed by atoms with Gasteiger partial charge in [0.15, 0.2) is 0 Å². The van der Waals surface area contributed by atoms with Crippen LogP contribution < -0.4 is 0 Å². The van der Waals surface area contributed by atoms with Gasteiger partial charge >= 0.3 is 0 Å². The van der Waals surface area contributed by atoms with Crippen molar-refractivity contribution in [2.45, 2.75) is 16.1 Å². The molecule has 1 aliphatic rings. The van der Waals surface area contributed by atoms with Gasteiger partial charge in [-0.3, -0.25) is 0 Å². The van der Waals surface area contributed by atoms with Crippen LogP contribution in [-0.4, -0.2) is 9.15 Å². The van der Waals surface area contributed by atoms with Gasteiger partial charge in [-0.2, -0.15) is 0 Å². The van der Waals surface area contributed by atoms with E-state index < -0.39 is 0 Å². The van der Waals surface area contributed by atoms with Crippen LogP contribution >= 0.6 is 95.6 Å². The van der Waals surface area contributed by atoms with Crippen LogP contribution in [0.1, 0.15) is 6.92 Å². The monoisotopic (exact) mass is 562 g/mol. The molecule has 0 saturated carbocycles. The van der Waals surface area contributed by atoms with E-state index in [0.717, 1.165) is 17.9 Å². The zero-order valence-electron chi connectivity index (χ0n) is 6.35. The van der Waals surface area contributed by atoms with Crippen molar-refractivity contribution in [3.8, 4) is 0 Å². The van der Waals surface area contributed by atoms with Gasteiger partial charge in [0.25, 0.3) is 0 Å². The number of halogens is 6. The summed E-state index contributed by atoms with van der Waals surface area (Å²) in [6.45, 7) is 2.10. The predicted molar refractivity (Wildman–Crippen MR) is 79.8 cm³/mol. The maximum Gasteiger partial charge on any atom is 0.0725 e. The summed E-state index contributed by atoms with van der Waals surface area (Å²) in [5, 5.41) is 0. The Morgan fingerprint density at radius 3 is 2.00 bits per heavy atom. The Bertz CT molecular complexity index is 300. The van der Waals surface area contributed by atoms with Crippen molar-refractivity contribution in [2.24, 2.45) is 0 Å². The SMILES string of the molecule is CC1(Br)C(Br)=C(Br)C(Br)=C(Br)C1Br. The van der Waals surface area contributed by atoms with Crippen molar-refractivity contribution in [1.82, 2.24) is 0 Å². The van der Waals surface area contributed by atoms with Gasteiger partial charge in [-0.1, -0.05) is 63.7 Å². The molecular weight excluding hydrogens is 564 g/mol. The normalized spacial score (nSPS) is 35.8. The van der Waals surface area contributed by atoms with E-state index in [1.807, 2.05) is 0 Å². The van der Waals surface area contributed by atoms with Crippen LogP contribution in [0.25, 0.3) is 0 Å². The van der Waals surface area contributed by atoms with Gasteiger partial charge < -0.3 is 0 Å². The fourth-order valence-corrected chi connectivity index (χ4v) is 5.62. The van der Waals surface area contributed by atoms with Crippen LogP contribution in [0, 0.1) is 0 Å². The average Bonchev–Trinajstić information content (AvgIpc) is 2.09. The highest BCUT2D eigenvalue weighted by molar-refractivity contribution is 9.18. The molecule has 0 aromatic heterocycles. The minimum absolute atomic E-state index is 0.137. The highest BCUT2D eigenvalue weighted by Crippen LogP contribution is 2.53. The highest BCUT2D eigenvalue weighted by Gasteiger charge is 2.40. The van der Waals surface area contributed by atoms with Crippen molar-refractivity contribution in [3.63, 3.8) is 0 Å². The number of alkyl halides is 2. The number of allylic oxidation sites excluding steroid dienone is 4. The molecule has 0 saturated heterocycles. The van der Waals surface area contributed by atoms with Gasteiger partial charge in [-0.15, -0.1) is 0 Å². The summed E-state index contributed by atoms with van der Waals surface area (Å²) in [5.74, 6) is 0. The third kappa shape index (κ3) is 2.38. The second kappa shape index (κ2) is 4.70. The largest absolute Gasteiger partial charge is 0.0813 e. The topological polar surface area (TPSA) is 0 Å². The summed E-state index contributed by atoms with van der Waals surface area (Å²) >= 11 is 21.4. The predicted octanol–water partition coefficient (Wildman–Crippen LogP) is 5.92. The third-order valence-electron chi connectivity index (χ3n) is 1.72. The lowest BCUT2D eigenvalue weighted by Gasteiger charge is -2.33. The summed E-state index contributed by atoms with van der Waals surface area (Å²) in [5.41, 5.74) is 0. The molecule has 74 valence electrons. The maximum atomic E-state index is 3.66. The van der Waals surface area contributed by atoms with Crippen molar-refractivity contribution in [2.75, 3.05) is 0 Å². The molecule has 0 fully saturated rings. The van der Waals surface area contributed by atoms with E-state index in [4.69, 9.17) is 0 Å². The lowest BCUT2D eigenvalue weighted by molar-refractivity contribution is 0.824. The van der Waals surface area contributed by atoms with Gasteiger partial charge in [-0.05, 0) is 38.8 Å². The van der Waals surface area contributed by atoms with Crippen LogP contribution in [-0.2, 0) is 0 Å². The van der Waals surface area contributed by atoms with Gasteiger partial charge in [0.05, 0.1) is 9.15 Å². The first kappa shape index (κ1) is 13.4. The van der Waals surface area contributed by atoms with Crippen molar-refractivity contribution in [3.05, 3.63) is 17.9 Å². The second-order valence-electron chi connectivity index (χ2n) is 2.73. The highest BCUT2D eigenvalue weighted by atomic mass is 79.9. The molecule has 13 heavy (non-hydrogen) atoms. The van der Waals surface area contributed by atoms with E-state index in [1.165, 1.54) is 0 Å². The number of rotatable bonds is 0. The first-order valence-corrected chi connectivity index (χ1v) is 8.12. The standard InChI is InChI=1S/C7H4Br6/c1-7(13)5(11)3(9)2(8)4(10)6(7)12/h5H,1H3. The van der Waals surface area contributed by atoms with E-state index in [0.29, 0.717) is 0 Å². The summed E-state index contributed by atoms with van der Waals surface area (Å²) < 4.78 is 4.08. The molecule has 0 nitrogen and oxygen atoms in total. The molecule has 6 heteroatoms. The van der Waals surface area contributed by atoms with E-state index in [2.05, 4.69) is 103 Å². The third-order valence-corrected chi connectivity index (χ3v) is 11.0. The minimum atomic E-state index is -0.137. The molecule has 0 aromatic rings. The molecule has 2 unspecified atom stereocenters. The van der Waals surface area contributed by atoms with Gasteiger partial charge in [0.1, 0.15) is 0 Å². The van der Waals surface area contributed by atoms with Gasteiger partial charge in [0, 0.05) is 17.9 Å². The van der Waals surface area contributed by atoms with Crippen molar-refractivity contribution >= 4 is 95.6 Å². The molecule has 0 N–H and O–H groups in total. The van der Waals surface area contributed by atoms with Gasteiger partial charge in [0.2, 0.25) is 0 Å². The smallest absolute Gasteiger partial charge is 0.0725 e. The molecule has 2 atom stereocenters. The molecular formula is C7H4Br6. The number of hydrogen-bond acceptors (Lipinski definition) is 0. The van der Waals surface area contributed by atoms with E-state index in [-0.39, 0.29) is 9.15 Å².